The van der Waals surface area contributed by atoms with Crippen molar-refractivity contribution in [1.82, 2.24) is 5.32 Å². The summed E-state index contributed by atoms with van der Waals surface area (Å²) in [6, 6.07) is 6.71. The lowest BCUT2D eigenvalue weighted by molar-refractivity contribution is -0.130. The minimum Gasteiger partial charge on any atom is -0.375 e. The van der Waals surface area contributed by atoms with Crippen LogP contribution in [0.2, 0.25) is 0 Å². The molecule has 1 atom stereocenters. The quantitative estimate of drug-likeness (QED) is 0.913. The zero-order chi connectivity index (χ0) is 16.6. The van der Waals surface area contributed by atoms with E-state index in [2.05, 4.69) is 5.32 Å². The topological polar surface area (TPSA) is 38.3 Å². The van der Waals surface area contributed by atoms with Crippen LogP contribution in [0.1, 0.15) is 63.4 Å². The number of halogens is 1. The molecule has 1 spiro atoms. The summed E-state index contributed by atoms with van der Waals surface area (Å²) >= 11 is 0. The summed E-state index contributed by atoms with van der Waals surface area (Å²) in [5.41, 5.74) is 0.309. The maximum absolute atomic E-state index is 13.5. The number of carbonyl (C=O) groups is 1. The molecule has 1 amide bonds. The van der Waals surface area contributed by atoms with Crippen molar-refractivity contribution in [2.45, 2.75) is 74.8 Å². The van der Waals surface area contributed by atoms with Gasteiger partial charge in [-0.05, 0) is 56.2 Å². The van der Waals surface area contributed by atoms with Crippen LogP contribution in [0, 0.1) is 5.82 Å². The van der Waals surface area contributed by atoms with Crippen LogP contribution in [0.3, 0.4) is 0 Å². The Hall–Kier alpha value is -1.42. The highest BCUT2D eigenvalue weighted by Gasteiger charge is 2.52. The molecule has 3 fully saturated rings. The molecule has 1 aromatic carbocycles. The highest BCUT2D eigenvalue weighted by Crippen LogP contribution is 2.49. The van der Waals surface area contributed by atoms with E-state index >= 15 is 0 Å². The molecule has 1 aliphatic heterocycles. The molecule has 0 bridgehead atoms. The van der Waals surface area contributed by atoms with Gasteiger partial charge in [0.15, 0.2) is 0 Å². The van der Waals surface area contributed by atoms with Crippen molar-refractivity contribution >= 4 is 5.91 Å². The van der Waals surface area contributed by atoms with Crippen LogP contribution in [0.25, 0.3) is 0 Å². The molecule has 3 aliphatic rings. The van der Waals surface area contributed by atoms with Gasteiger partial charge in [-0.1, -0.05) is 31.4 Å². The van der Waals surface area contributed by atoms with E-state index in [0.717, 1.165) is 50.7 Å². The van der Waals surface area contributed by atoms with Crippen LogP contribution in [0.5, 0.6) is 0 Å². The van der Waals surface area contributed by atoms with Crippen molar-refractivity contribution in [2.75, 3.05) is 6.61 Å². The third kappa shape index (κ3) is 2.97. The number of amides is 1. The van der Waals surface area contributed by atoms with Gasteiger partial charge in [-0.3, -0.25) is 4.79 Å². The zero-order valence-corrected chi connectivity index (χ0v) is 14.2. The molecular formula is C20H26FNO2. The Balaban J connectivity index is 1.44. The van der Waals surface area contributed by atoms with Crippen LogP contribution in [-0.2, 0) is 14.9 Å². The summed E-state index contributed by atoms with van der Waals surface area (Å²) in [7, 11) is 0. The van der Waals surface area contributed by atoms with Crippen LogP contribution < -0.4 is 5.32 Å². The predicted molar refractivity (Wildman–Crippen MR) is 90.2 cm³/mol. The van der Waals surface area contributed by atoms with E-state index in [1.165, 1.54) is 31.4 Å². The van der Waals surface area contributed by atoms with Crippen LogP contribution in [0.4, 0.5) is 4.39 Å². The SMILES string of the molecule is O=C(N[C@@H]1CCOC2(CCCCC2)C1)C1(c2cccc(F)c2)CC1. The fourth-order valence-corrected chi connectivity index (χ4v) is 4.58. The summed E-state index contributed by atoms with van der Waals surface area (Å²) < 4.78 is 19.7. The third-order valence-corrected chi connectivity index (χ3v) is 6.15. The summed E-state index contributed by atoms with van der Waals surface area (Å²) in [4.78, 5) is 12.9. The molecule has 1 saturated heterocycles. The van der Waals surface area contributed by atoms with Crippen molar-refractivity contribution in [1.29, 1.82) is 0 Å². The number of ether oxygens (including phenoxy) is 1. The van der Waals surface area contributed by atoms with Gasteiger partial charge in [0.1, 0.15) is 5.82 Å². The number of rotatable bonds is 3. The van der Waals surface area contributed by atoms with E-state index in [1.807, 2.05) is 6.07 Å². The van der Waals surface area contributed by atoms with Crippen LogP contribution >= 0.6 is 0 Å². The molecule has 4 heteroatoms. The van der Waals surface area contributed by atoms with Crippen LogP contribution in [0.15, 0.2) is 24.3 Å². The second-order valence-corrected chi connectivity index (χ2v) is 7.85. The van der Waals surface area contributed by atoms with E-state index in [0.29, 0.717) is 0 Å². The minimum absolute atomic E-state index is 0.00990. The molecule has 1 heterocycles. The molecule has 0 radical (unpaired) electrons. The number of benzene rings is 1. The first-order chi connectivity index (χ1) is 11.6. The van der Waals surface area contributed by atoms with E-state index in [9.17, 15) is 9.18 Å². The average Bonchev–Trinajstić information content (AvgIpc) is 3.37. The highest BCUT2D eigenvalue weighted by molar-refractivity contribution is 5.91. The predicted octanol–water partition coefficient (Wildman–Crippen LogP) is 3.86. The molecule has 0 unspecified atom stereocenters. The largest absolute Gasteiger partial charge is 0.375 e. The summed E-state index contributed by atoms with van der Waals surface area (Å²) in [5, 5.41) is 3.27. The summed E-state index contributed by atoms with van der Waals surface area (Å²) in [6.07, 6.45) is 9.44. The van der Waals surface area contributed by atoms with E-state index in [4.69, 9.17) is 4.74 Å². The molecule has 2 aliphatic carbocycles. The molecule has 4 rings (SSSR count). The van der Waals surface area contributed by atoms with Crippen molar-refractivity contribution in [3.05, 3.63) is 35.6 Å². The summed E-state index contributed by atoms with van der Waals surface area (Å²) in [6.45, 7) is 0.734. The lowest BCUT2D eigenvalue weighted by Crippen LogP contribution is -2.51. The monoisotopic (exact) mass is 331 g/mol. The Morgan fingerprint density at radius 1 is 1.17 bits per heavy atom. The second kappa shape index (κ2) is 6.14. The van der Waals surface area contributed by atoms with Gasteiger partial charge >= 0.3 is 0 Å². The van der Waals surface area contributed by atoms with Gasteiger partial charge in [0.2, 0.25) is 5.91 Å². The number of carbonyl (C=O) groups excluding carboxylic acids is 1. The number of hydrogen-bond acceptors (Lipinski definition) is 2. The van der Waals surface area contributed by atoms with E-state index in [-0.39, 0.29) is 23.4 Å². The molecule has 24 heavy (non-hydrogen) atoms. The van der Waals surface area contributed by atoms with Gasteiger partial charge < -0.3 is 10.1 Å². The smallest absolute Gasteiger partial charge is 0.230 e. The van der Waals surface area contributed by atoms with Gasteiger partial charge in [-0.2, -0.15) is 0 Å². The first kappa shape index (κ1) is 16.1. The molecule has 0 aromatic heterocycles. The highest BCUT2D eigenvalue weighted by atomic mass is 19.1. The average molecular weight is 331 g/mol. The van der Waals surface area contributed by atoms with Crippen LogP contribution in [-0.4, -0.2) is 24.2 Å². The summed E-state index contributed by atoms with van der Waals surface area (Å²) in [5.74, 6) is -0.190. The minimum atomic E-state index is -0.500. The van der Waals surface area contributed by atoms with Gasteiger partial charge in [0.05, 0.1) is 11.0 Å². The molecule has 1 N–H and O–H groups in total. The fraction of sp³-hybridized carbons (Fsp3) is 0.650. The van der Waals surface area contributed by atoms with E-state index in [1.54, 1.807) is 6.07 Å². The Kier molecular flexibility index (Phi) is 4.11. The number of nitrogens with one attached hydrogen (secondary N) is 1. The Morgan fingerprint density at radius 3 is 2.67 bits per heavy atom. The van der Waals surface area contributed by atoms with E-state index < -0.39 is 5.41 Å². The van der Waals surface area contributed by atoms with Crippen molar-refractivity contribution in [3.8, 4) is 0 Å². The normalized spacial score (nSPS) is 27.6. The Labute approximate surface area is 143 Å². The van der Waals surface area contributed by atoms with Gasteiger partial charge in [-0.25, -0.2) is 4.39 Å². The van der Waals surface area contributed by atoms with Gasteiger partial charge in [0.25, 0.3) is 0 Å². The first-order valence-electron chi connectivity index (χ1n) is 9.33. The zero-order valence-electron chi connectivity index (χ0n) is 14.2. The van der Waals surface area contributed by atoms with Crippen molar-refractivity contribution < 1.29 is 13.9 Å². The number of hydrogen-bond donors (Lipinski definition) is 1. The maximum Gasteiger partial charge on any atom is 0.230 e. The standard InChI is InChI=1S/C20H26FNO2/c21-16-6-4-5-15(13-16)20(10-11-20)18(23)22-17-7-12-24-19(14-17)8-2-1-3-9-19/h4-6,13,17H,1-3,7-12,14H2,(H,22,23)/t17-/m1/s1. The lowest BCUT2D eigenvalue weighted by Gasteiger charge is -2.44. The van der Waals surface area contributed by atoms with Crippen molar-refractivity contribution in [3.63, 3.8) is 0 Å². The molecule has 2 saturated carbocycles. The molecule has 3 nitrogen and oxygen atoms in total. The molecular weight excluding hydrogens is 305 g/mol. The molecule has 130 valence electrons. The van der Waals surface area contributed by atoms with Crippen molar-refractivity contribution in [2.24, 2.45) is 0 Å². The second-order valence-electron chi connectivity index (χ2n) is 7.85. The lowest BCUT2D eigenvalue weighted by atomic mass is 9.78. The van der Waals surface area contributed by atoms with Gasteiger partial charge in [0, 0.05) is 12.6 Å². The Bertz CT molecular complexity index is 614. The molecule has 1 aromatic rings. The third-order valence-electron chi connectivity index (χ3n) is 6.15. The maximum atomic E-state index is 13.5. The first-order valence-corrected chi connectivity index (χ1v) is 9.33. The van der Waals surface area contributed by atoms with Gasteiger partial charge in [-0.15, -0.1) is 0 Å². The fourth-order valence-electron chi connectivity index (χ4n) is 4.58. The Morgan fingerprint density at radius 2 is 1.96 bits per heavy atom.